The van der Waals surface area contributed by atoms with Gasteiger partial charge in [0.1, 0.15) is 10.6 Å². The molecule has 1 amide bonds. The van der Waals surface area contributed by atoms with Crippen LogP contribution in [0.25, 0.3) is 0 Å². The summed E-state index contributed by atoms with van der Waals surface area (Å²) < 4.78 is 32.8. The summed E-state index contributed by atoms with van der Waals surface area (Å²) in [5.74, 6) is 0.744. The maximum Gasteiger partial charge on any atom is 0.243 e. The van der Waals surface area contributed by atoms with Gasteiger partial charge in [-0.2, -0.15) is 0 Å². The Bertz CT molecular complexity index is 1140. The smallest absolute Gasteiger partial charge is 0.243 e. The average molecular weight is 480 g/mol. The van der Waals surface area contributed by atoms with Crippen molar-refractivity contribution in [1.82, 2.24) is 15.0 Å². The van der Waals surface area contributed by atoms with Crippen molar-refractivity contribution in [2.45, 2.75) is 17.9 Å². The molecule has 0 aliphatic carbocycles. The zero-order chi connectivity index (χ0) is 22.3. The second-order valence-electron chi connectivity index (χ2n) is 6.39. The lowest BCUT2D eigenvalue weighted by Crippen LogP contribution is -2.30. The van der Waals surface area contributed by atoms with Crippen molar-refractivity contribution in [2.24, 2.45) is 0 Å². The molecule has 0 unspecified atom stereocenters. The Labute approximate surface area is 190 Å². The number of nitrogens with zero attached hydrogens (tertiary/aromatic N) is 1. The molecule has 0 aliphatic rings. The van der Waals surface area contributed by atoms with Gasteiger partial charge in [-0.25, -0.2) is 18.1 Å². The third kappa shape index (κ3) is 6.67. The van der Waals surface area contributed by atoms with Gasteiger partial charge in [0.05, 0.1) is 10.0 Å². The van der Waals surface area contributed by atoms with Crippen molar-refractivity contribution in [2.75, 3.05) is 6.54 Å². The number of aromatic nitrogens is 1. The van der Waals surface area contributed by atoms with Crippen LogP contribution in [0.5, 0.6) is 11.6 Å². The molecule has 0 bridgehead atoms. The van der Waals surface area contributed by atoms with E-state index in [4.69, 9.17) is 27.9 Å². The molecule has 0 aliphatic heterocycles. The first-order chi connectivity index (χ1) is 14.8. The first-order valence-electron chi connectivity index (χ1n) is 9.23. The van der Waals surface area contributed by atoms with Crippen LogP contribution in [0, 0.1) is 0 Å². The second-order valence-corrected chi connectivity index (χ2v) is 8.91. The molecular weight excluding hydrogens is 461 g/mol. The summed E-state index contributed by atoms with van der Waals surface area (Å²) >= 11 is 11.9. The Morgan fingerprint density at radius 1 is 1.00 bits per heavy atom. The topological polar surface area (TPSA) is 97.4 Å². The van der Waals surface area contributed by atoms with Crippen LogP contribution in [-0.4, -0.2) is 25.9 Å². The Morgan fingerprint density at radius 2 is 1.74 bits per heavy atom. The molecule has 0 radical (unpaired) electrons. The van der Waals surface area contributed by atoms with Crippen molar-refractivity contribution in [3.05, 3.63) is 82.5 Å². The fourth-order valence-corrected chi connectivity index (χ4v) is 4.82. The predicted octanol–water partition coefficient (Wildman–Crippen LogP) is 4.17. The number of pyridine rings is 1. The van der Waals surface area contributed by atoms with Gasteiger partial charge in [-0.15, -0.1) is 0 Å². The molecule has 3 rings (SSSR count). The molecule has 162 valence electrons. The van der Waals surface area contributed by atoms with Gasteiger partial charge in [0.15, 0.2) is 0 Å². The van der Waals surface area contributed by atoms with Crippen molar-refractivity contribution in [3.8, 4) is 11.6 Å². The maximum absolute atomic E-state index is 12.4. The molecule has 1 aromatic heterocycles. The second kappa shape index (κ2) is 10.6. The zero-order valence-corrected chi connectivity index (χ0v) is 18.5. The fourth-order valence-electron chi connectivity index (χ4n) is 2.65. The zero-order valence-electron chi connectivity index (χ0n) is 16.2. The van der Waals surface area contributed by atoms with E-state index in [2.05, 4.69) is 15.0 Å². The number of ether oxygens (including phenoxy) is 1. The molecule has 10 heteroatoms. The summed E-state index contributed by atoms with van der Waals surface area (Å²) in [6, 6.07) is 17.0. The minimum Gasteiger partial charge on any atom is -0.439 e. The Kier molecular flexibility index (Phi) is 7.86. The van der Waals surface area contributed by atoms with Gasteiger partial charge in [0.25, 0.3) is 0 Å². The van der Waals surface area contributed by atoms with Gasteiger partial charge in [0, 0.05) is 31.8 Å². The van der Waals surface area contributed by atoms with Crippen molar-refractivity contribution >= 4 is 39.1 Å². The standard InChI is InChI=1S/C21H19Cl2N3O4S/c22-17-7-4-8-18(23)21(17)31(28,29)26-12-10-19(27)25-14-15-5-3-6-16(13-15)30-20-9-1-2-11-24-20/h1-9,11,13,26H,10,12,14H2,(H,25,27). The molecule has 0 atom stereocenters. The minimum atomic E-state index is -3.94. The molecule has 31 heavy (non-hydrogen) atoms. The van der Waals surface area contributed by atoms with E-state index in [-0.39, 0.29) is 40.4 Å². The van der Waals surface area contributed by atoms with Crippen LogP contribution in [0.3, 0.4) is 0 Å². The maximum atomic E-state index is 12.4. The summed E-state index contributed by atoms with van der Waals surface area (Å²) in [7, 11) is -3.94. The van der Waals surface area contributed by atoms with Gasteiger partial charge in [-0.3, -0.25) is 4.79 Å². The first kappa shape index (κ1) is 23.0. The lowest BCUT2D eigenvalue weighted by molar-refractivity contribution is -0.121. The van der Waals surface area contributed by atoms with Crippen molar-refractivity contribution in [1.29, 1.82) is 0 Å². The van der Waals surface area contributed by atoms with Gasteiger partial charge in [-0.05, 0) is 35.9 Å². The highest BCUT2D eigenvalue weighted by Crippen LogP contribution is 2.28. The highest BCUT2D eigenvalue weighted by atomic mass is 35.5. The molecule has 0 fully saturated rings. The van der Waals surface area contributed by atoms with E-state index in [1.54, 1.807) is 42.6 Å². The monoisotopic (exact) mass is 479 g/mol. The van der Waals surface area contributed by atoms with Crippen LogP contribution in [0.2, 0.25) is 10.0 Å². The molecular formula is C21H19Cl2N3O4S. The number of rotatable bonds is 9. The molecule has 2 aromatic carbocycles. The van der Waals surface area contributed by atoms with Crippen LogP contribution in [0.4, 0.5) is 0 Å². The molecule has 3 aromatic rings. The van der Waals surface area contributed by atoms with E-state index < -0.39 is 10.0 Å². The summed E-state index contributed by atoms with van der Waals surface area (Å²) in [6.07, 6.45) is 1.58. The SMILES string of the molecule is O=C(CCNS(=O)(=O)c1c(Cl)cccc1Cl)NCc1cccc(Oc2ccccn2)c1. The Hall–Kier alpha value is -2.65. The highest BCUT2D eigenvalue weighted by molar-refractivity contribution is 7.89. The van der Waals surface area contributed by atoms with Gasteiger partial charge >= 0.3 is 0 Å². The third-order valence-electron chi connectivity index (χ3n) is 4.08. The van der Waals surface area contributed by atoms with Crippen LogP contribution in [0.15, 0.2) is 71.8 Å². The predicted molar refractivity (Wildman–Crippen MR) is 119 cm³/mol. The number of nitrogens with one attached hydrogen (secondary N) is 2. The van der Waals surface area contributed by atoms with Crippen LogP contribution >= 0.6 is 23.2 Å². The highest BCUT2D eigenvalue weighted by Gasteiger charge is 2.21. The number of hydrogen-bond donors (Lipinski definition) is 2. The summed E-state index contributed by atoms with van der Waals surface area (Å²) in [5, 5.41) is 2.76. The Balaban J connectivity index is 1.49. The number of carbonyl (C=O) groups is 1. The normalized spacial score (nSPS) is 11.2. The van der Waals surface area contributed by atoms with E-state index in [9.17, 15) is 13.2 Å². The molecule has 0 saturated carbocycles. The van der Waals surface area contributed by atoms with Crippen molar-refractivity contribution < 1.29 is 17.9 Å². The van der Waals surface area contributed by atoms with Gasteiger partial charge < -0.3 is 10.1 Å². The summed E-state index contributed by atoms with van der Waals surface area (Å²) in [5.41, 5.74) is 0.824. The summed E-state index contributed by atoms with van der Waals surface area (Å²) in [6.45, 7) is 0.167. The van der Waals surface area contributed by atoms with Crippen LogP contribution in [0.1, 0.15) is 12.0 Å². The largest absolute Gasteiger partial charge is 0.439 e. The van der Waals surface area contributed by atoms with Gasteiger partial charge in [0.2, 0.25) is 21.8 Å². The van der Waals surface area contributed by atoms with E-state index in [0.29, 0.717) is 11.6 Å². The molecule has 2 N–H and O–H groups in total. The quantitative estimate of drug-likeness (QED) is 0.479. The van der Waals surface area contributed by atoms with Gasteiger partial charge in [-0.1, -0.05) is 47.5 Å². The Morgan fingerprint density at radius 3 is 2.45 bits per heavy atom. The number of benzene rings is 2. The number of hydrogen-bond acceptors (Lipinski definition) is 5. The van der Waals surface area contributed by atoms with Crippen LogP contribution < -0.4 is 14.8 Å². The number of amides is 1. The average Bonchev–Trinajstić information content (AvgIpc) is 2.73. The lowest BCUT2D eigenvalue weighted by Gasteiger charge is -2.10. The number of sulfonamides is 1. The first-order valence-corrected chi connectivity index (χ1v) is 11.5. The fraction of sp³-hybridized carbons (Fsp3) is 0.143. The van der Waals surface area contributed by atoms with E-state index in [1.165, 1.54) is 12.1 Å². The number of halogens is 2. The van der Waals surface area contributed by atoms with Crippen LogP contribution in [-0.2, 0) is 21.4 Å². The lowest BCUT2D eigenvalue weighted by atomic mass is 10.2. The number of carbonyl (C=O) groups excluding carboxylic acids is 1. The molecule has 0 saturated heterocycles. The van der Waals surface area contributed by atoms with Crippen molar-refractivity contribution in [3.63, 3.8) is 0 Å². The van der Waals surface area contributed by atoms with E-state index in [0.717, 1.165) is 5.56 Å². The summed E-state index contributed by atoms with van der Waals surface area (Å²) in [4.78, 5) is 16.0. The molecule has 0 spiro atoms. The third-order valence-corrected chi connectivity index (χ3v) is 6.50. The molecule has 1 heterocycles. The van der Waals surface area contributed by atoms with E-state index >= 15 is 0 Å². The molecule has 7 nitrogen and oxygen atoms in total. The minimum absolute atomic E-state index is 0.0113. The van der Waals surface area contributed by atoms with E-state index in [1.807, 2.05) is 12.1 Å².